The molecule has 0 fully saturated rings. The summed E-state index contributed by atoms with van der Waals surface area (Å²) < 4.78 is 0. The molecule has 0 saturated heterocycles. The van der Waals surface area contributed by atoms with Crippen molar-refractivity contribution in [3.05, 3.63) is 145 Å². The Morgan fingerprint density at radius 2 is 0.829 bits per heavy atom. The van der Waals surface area contributed by atoms with Crippen LogP contribution in [0.5, 0.6) is 0 Å². The zero-order valence-electron chi connectivity index (χ0n) is 22.8. The minimum atomic E-state index is 1.27. The molecule has 0 heterocycles. The van der Waals surface area contributed by atoms with Gasteiger partial charge in [0.2, 0.25) is 0 Å². The quantitative estimate of drug-likeness (QED) is 0.213. The zero-order chi connectivity index (χ0) is 27.1. The number of hydrogen-bond donors (Lipinski definition) is 0. The Labute approximate surface area is 239 Å². The van der Waals surface area contributed by atoms with Crippen molar-refractivity contribution in [2.45, 2.75) is 6.92 Å². The average molecular weight is 519 g/mol. The van der Waals surface area contributed by atoms with E-state index in [4.69, 9.17) is 0 Å². The number of benzene rings is 8. The van der Waals surface area contributed by atoms with E-state index in [9.17, 15) is 0 Å². The molecular weight excluding hydrogens is 492 g/mol. The van der Waals surface area contributed by atoms with Gasteiger partial charge in [-0.1, -0.05) is 127 Å². The first kappa shape index (κ1) is 22.6. The molecule has 0 N–H and O–H groups in total. The van der Waals surface area contributed by atoms with E-state index in [0.717, 1.165) is 0 Å². The summed E-state index contributed by atoms with van der Waals surface area (Å²) >= 11 is 0. The van der Waals surface area contributed by atoms with E-state index in [1.807, 2.05) is 0 Å². The van der Waals surface area contributed by atoms with Gasteiger partial charge >= 0.3 is 0 Å². The monoisotopic (exact) mass is 518 g/mol. The molecule has 0 saturated carbocycles. The minimum Gasteiger partial charge on any atom is -0.0616 e. The van der Waals surface area contributed by atoms with Gasteiger partial charge in [-0.15, -0.1) is 0 Å². The molecule has 0 spiro atoms. The number of rotatable bonds is 2. The molecule has 0 atom stereocenters. The molecule has 0 heteroatoms. The Morgan fingerprint density at radius 3 is 1.41 bits per heavy atom. The highest BCUT2D eigenvalue weighted by Crippen LogP contribution is 2.58. The van der Waals surface area contributed by atoms with Gasteiger partial charge in [0.25, 0.3) is 0 Å². The van der Waals surface area contributed by atoms with Crippen molar-refractivity contribution < 1.29 is 0 Å². The number of fused-ring (bicyclic) bond motifs is 6. The molecule has 0 aromatic heterocycles. The summed E-state index contributed by atoms with van der Waals surface area (Å²) in [5, 5.41) is 10.4. The SMILES string of the molecule is Cc1ccc2c3c(cccc13)-c1c-2c(-c2ccc3ccccc3c2)c2ccccc2c1-c1ccc2ccccc2c1. The van der Waals surface area contributed by atoms with E-state index in [1.165, 1.54) is 93.2 Å². The lowest BCUT2D eigenvalue weighted by Gasteiger charge is -2.21. The molecule has 41 heavy (non-hydrogen) atoms. The van der Waals surface area contributed by atoms with E-state index in [1.54, 1.807) is 0 Å². The molecule has 9 rings (SSSR count). The van der Waals surface area contributed by atoms with Gasteiger partial charge in [-0.3, -0.25) is 0 Å². The predicted molar refractivity (Wildman–Crippen MR) is 177 cm³/mol. The summed E-state index contributed by atoms with van der Waals surface area (Å²) in [7, 11) is 0. The van der Waals surface area contributed by atoms with Gasteiger partial charge < -0.3 is 0 Å². The van der Waals surface area contributed by atoms with Gasteiger partial charge in [0.05, 0.1) is 0 Å². The Morgan fingerprint density at radius 1 is 0.341 bits per heavy atom. The van der Waals surface area contributed by atoms with Crippen molar-refractivity contribution in [3.63, 3.8) is 0 Å². The molecule has 0 nitrogen and oxygen atoms in total. The highest BCUT2D eigenvalue weighted by molar-refractivity contribution is 6.28. The molecule has 8 aromatic rings. The van der Waals surface area contributed by atoms with E-state index < -0.39 is 0 Å². The molecule has 0 unspecified atom stereocenters. The second kappa shape index (κ2) is 8.40. The predicted octanol–water partition coefficient (Wildman–Crippen LogP) is 11.6. The van der Waals surface area contributed by atoms with Gasteiger partial charge in [0.15, 0.2) is 0 Å². The van der Waals surface area contributed by atoms with Gasteiger partial charge in [-0.25, -0.2) is 0 Å². The molecule has 1 aliphatic carbocycles. The van der Waals surface area contributed by atoms with Crippen molar-refractivity contribution in [1.82, 2.24) is 0 Å². The summed E-state index contributed by atoms with van der Waals surface area (Å²) in [6.45, 7) is 2.23. The third kappa shape index (κ3) is 3.16. The summed E-state index contributed by atoms with van der Waals surface area (Å²) in [5.41, 5.74) is 11.9. The minimum absolute atomic E-state index is 1.27. The second-order valence-corrected chi connectivity index (χ2v) is 11.3. The fraction of sp³-hybridized carbons (Fsp3) is 0.0244. The first-order valence-electron chi connectivity index (χ1n) is 14.4. The van der Waals surface area contributed by atoms with Crippen LogP contribution in [-0.4, -0.2) is 0 Å². The lowest BCUT2D eigenvalue weighted by Crippen LogP contribution is -1.94. The normalized spacial score (nSPS) is 12.0. The summed E-state index contributed by atoms with van der Waals surface area (Å²) in [6, 6.07) is 51.8. The third-order valence-electron chi connectivity index (χ3n) is 9.09. The van der Waals surface area contributed by atoms with Crippen LogP contribution in [0.25, 0.3) is 87.6 Å². The Bertz CT molecular complexity index is 2240. The van der Waals surface area contributed by atoms with Crippen LogP contribution in [0.1, 0.15) is 5.56 Å². The van der Waals surface area contributed by atoms with Crippen LogP contribution in [-0.2, 0) is 0 Å². The van der Waals surface area contributed by atoms with E-state index in [0.29, 0.717) is 0 Å². The number of hydrogen-bond acceptors (Lipinski definition) is 0. The third-order valence-corrected chi connectivity index (χ3v) is 9.09. The summed E-state index contributed by atoms with van der Waals surface area (Å²) in [5.74, 6) is 0. The van der Waals surface area contributed by atoms with Crippen LogP contribution >= 0.6 is 0 Å². The molecule has 0 radical (unpaired) electrons. The highest BCUT2D eigenvalue weighted by Gasteiger charge is 2.30. The van der Waals surface area contributed by atoms with Gasteiger partial charge in [-0.05, 0) is 112 Å². The molecule has 0 amide bonds. The summed E-state index contributed by atoms with van der Waals surface area (Å²) in [6.07, 6.45) is 0. The molecule has 0 aliphatic heterocycles. The molecule has 0 bridgehead atoms. The molecule has 8 aromatic carbocycles. The fourth-order valence-electron chi connectivity index (χ4n) is 7.24. The van der Waals surface area contributed by atoms with Gasteiger partial charge in [0, 0.05) is 0 Å². The largest absolute Gasteiger partial charge is 0.0616 e. The van der Waals surface area contributed by atoms with Crippen LogP contribution in [0.2, 0.25) is 0 Å². The van der Waals surface area contributed by atoms with Crippen LogP contribution in [0.15, 0.2) is 140 Å². The maximum Gasteiger partial charge on any atom is -0.000741 e. The van der Waals surface area contributed by atoms with Crippen LogP contribution in [0, 0.1) is 6.92 Å². The number of aryl methyl sites for hydroxylation is 1. The average Bonchev–Trinajstić information content (AvgIpc) is 3.36. The van der Waals surface area contributed by atoms with E-state index in [-0.39, 0.29) is 0 Å². The van der Waals surface area contributed by atoms with Crippen molar-refractivity contribution in [3.8, 4) is 44.5 Å². The molecule has 190 valence electrons. The van der Waals surface area contributed by atoms with Crippen molar-refractivity contribution in [2.75, 3.05) is 0 Å². The zero-order valence-corrected chi connectivity index (χ0v) is 22.8. The van der Waals surface area contributed by atoms with Crippen LogP contribution in [0.3, 0.4) is 0 Å². The van der Waals surface area contributed by atoms with Crippen LogP contribution < -0.4 is 0 Å². The smallest absolute Gasteiger partial charge is 0.000741 e. The molecular formula is C41H26. The van der Waals surface area contributed by atoms with Gasteiger partial charge in [-0.2, -0.15) is 0 Å². The first-order chi connectivity index (χ1) is 20.3. The lowest BCUT2D eigenvalue weighted by atomic mass is 9.82. The standard InChI is InChI=1S/C41H26/c1-25-17-22-36-39-32(25)15-8-16-35(39)40-37(30-20-18-26-9-2-4-11-28(26)23-30)33-13-6-7-14-34(33)38(41(36)40)31-21-19-27-10-3-5-12-29(27)24-31/h2-24H,1H3. The first-order valence-corrected chi connectivity index (χ1v) is 14.4. The topological polar surface area (TPSA) is 0 Å². The Hall–Kier alpha value is -5.20. The Kier molecular flexibility index (Phi) is 4.63. The maximum absolute atomic E-state index is 2.38. The van der Waals surface area contributed by atoms with Crippen molar-refractivity contribution >= 4 is 43.1 Å². The highest BCUT2D eigenvalue weighted by atomic mass is 14.3. The summed E-state index contributed by atoms with van der Waals surface area (Å²) in [4.78, 5) is 0. The molecule has 1 aliphatic rings. The van der Waals surface area contributed by atoms with Crippen molar-refractivity contribution in [2.24, 2.45) is 0 Å². The second-order valence-electron chi connectivity index (χ2n) is 11.3. The van der Waals surface area contributed by atoms with Crippen molar-refractivity contribution in [1.29, 1.82) is 0 Å². The Balaban J connectivity index is 1.50. The van der Waals surface area contributed by atoms with Gasteiger partial charge in [0.1, 0.15) is 0 Å². The maximum atomic E-state index is 2.38. The van der Waals surface area contributed by atoms with E-state index >= 15 is 0 Å². The van der Waals surface area contributed by atoms with Crippen LogP contribution in [0.4, 0.5) is 0 Å². The fourth-order valence-corrected chi connectivity index (χ4v) is 7.24. The van der Waals surface area contributed by atoms with E-state index in [2.05, 4.69) is 146 Å². The lowest BCUT2D eigenvalue weighted by molar-refractivity contribution is 1.54.